The van der Waals surface area contributed by atoms with Crippen LogP contribution in [0.4, 0.5) is 0 Å². The minimum absolute atomic E-state index is 0.440. The van der Waals surface area contributed by atoms with Crippen molar-refractivity contribution in [3.63, 3.8) is 0 Å². The molecule has 0 aliphatic heterocycles. The van der Waals surface area contributed by atoms with Gasteiger partial charge in [0.2, 0.25) is 0 Å². The molecule has 22 heavy (non-hydrogen) atoms. The molecule has 1 nitrogen and oxygen atoms in total. The number of allylic oxidation sites excluding steroid dienone is 1. The number of hydrogen-bond acceptors (Lipinski definition) is 1. The number of phenolic OH excluding ortho intramolecular Hbond substituents is 1. The van der Waals surface area contributed by atoms with Crippen LogP contribution in [0, 0.1) is 13.8 Å². The molecule has 0 spiro atoms. The van der Waals surface area contributed by atoms with Crippen LogP contribution in [-0.2, 0) is 6.42 Å². The molecule has 1 heteroatoms. The molecule has 2 aromatic rings. The minimum Gasteiger partial charge on any atom is -0.507 e. The quantitative estimate of drug-likeness (QED) is 0.637. The zero-order valence-corrected chi connectivity index (χ0v) is 13.7. The molecule has 0 saturated carbocycles. The molecule has 0 bridgehead atoms. The molecule has 0 saturated heterocycles. The third kappa shape index (κ3) is 5.07. The fourth-order valence-corrected chi connectivity index (χ4v) is 2.74. The molecule has 0 aliphatic rings. The van der Waals surface area contributed by atoms with Crippen LogP contribution in [0.3, 0.4) is 0 Å². The Labute approximate surface area is 134 Å². The summed E-state index contributed by atoms with van der Waals surface area (Å²) in [5.74, 6) is 0.440. The molecule has 0 atom stereocenters. The molecule has 1 N–H and O–H groups in total. The Balaban J connectivity index is 1.66. The van der Waals surface area contributed by atoms with Crippen molar-refractivity contribution in [1.29, 1.82) is 0 Å². The van der Waals surface area contributed by atoms with E-state index in [2.05, 4.69) is 48.6 Å². The van der Waals surface area contributed by atoms with Crippen LogP contribution in [0.15, 0.2) is 48.5 Å². The van der Waals surface area contributed by atoms with Gasteiger partial charge in [-0.1, -0.05) is 61.0 Å². The van der Waals surface area contributed by atoms with Gasteiger partial charge in [0.05, 0.1) is 0 Å². The van der Waals surface area contributed by atoms with Gasteiger partial charge in [-0.05, 0) is 61.8 Å². The maximum absolute atomic E-state index is 9.79. The molecule has 2 rings (SSSR count). The van der Waals surface area contributed by atoms with Crippen molar-refractivity contribution < 1.29 is 5.11 Å². The molecule has 116 valence electrons. The van der Waals surface area contributed by atoms with Gasteiger partial charge in [-0.25, -0.2) is 0 Å². The average Bonchev–Trinajstić information content (AvgIpc) is 2.52. The molecular formula is C21H26O. The summed E-state index contributed by atoms with van der Waals surface area (Å²) in [6, 6.07) is 14.7. The second kappa shape index (κ2) is 8.43. The monoisotopic (exact) mass is 294 g/mol. The Morgan fingerprint density at radius 1 is 0.909 bits per heavy atom. The van der Waals surface area contributed by atoms with Crippen LogP contribution in [0.25, 0.3) is 6.08 Å². The standard InChI is InChI=1S/C21H26O/c1-17-15-20(16-18(2)21(17)22)14-8-5-3-4-7-11-19-12-9-6-10-13-19/h6-7,9-13,15-16,22H,3-5,8,14H2,1-2H3/b11-7-. The predicted molar refractivity (Wildman–Crippen MR) is 95.2 cm³/mol. The van der Waals surface area contributed by atoms with Crippen LogP contribution in [0.2, 0.25) is 0 Å². The first-order valence-electron chi connectivity index (χ1n) is 8.17. The largest absolute Gasteiger partial charge is 0.507 e. The smallest absolute Gasteiger partial charge is 0.121 e. The first-order valence-corrected chi connectivity index (χ1v) is 8.17. The summed E-state index contributed by atoms with van der Waals surface area (Å²) >= 11 is 0. The van der Waals surface area contributed by atoms with Crippen molar-refractivity contribution in [2.45, 2.75) is 46.0 Å². The Kier molecular flexibility index (Phi) is 6.27. The minimum atomic E-state index is 0.440. The Morgan fingerprint density at radius 3 is 2.27 bits per heavy atom. The van der Waals surface area contributed by atoms with Gasteiger partial charge in [0, 0.05) is 0 Å². The second-order valence-electron chi connectivity index (χ2n) is 5.99. The molecule has 0 aliphatic carbocycles. The van der Waals surface area contributed by atoms with Crippen molar-refractivity contribution in [3.8, 4) is 5.75 Å². The third-order valence-electron chi connectivity index (χ3n) is 4.00. The highest BCUT2D eigenvalue weighted by Crippen LogP contribution is 2.23. The summed E-state index contributed by atoms with van der Waals surface area (Å²) in [6.07, 6.45) is 10.4. The lowest BCUT2D eigenvalue weighted by Crippen LogP contribution is -1.90. The lowest BCUT2D eigenvalue weighted by molar-refractivity contribution is 0.466. The van der Waals surface area contributed by atoms with E-state index in [1.54, 1.807) is 0 Å². The highest BCUT2D eigenvalue weighted by atomic mass is 16.3. The lowest BCUT2D eigenvalue weighted by atomic mass is 10.0. The highest BCUT2D eigenvalue weighted by molar-refractivity contribution is 5.48. The first-order chi connectivity index (χ1) is 10.7. The van der Waals surface area contributed by atoms with E-state index < -0.39 is 0 Å². The van der Waals surface area contributed by atoms with Gasteiger partial charge in [0.25, 0.3) is 0 Å². The molecular weight excluding hydrogens is 268 g/mol. The van der Waals surface area contributed by atoms with E-state index in [1.807, 2.05) is 19.9 Å². The van der Waals surface area contributed by atoms with Gasteiger partial charge in [-0.3, -0.25) is 0 Å². The van der Waals surface area contributed by atoms with Crippen molar-refractivity contribution in [2.24, 2.45) is 0 Å². The van der Waals surface area contributed by atoms with Crippen LogP contribution >= 0.6 is 0 Å². The number of aryl methyl sites for hydroxylation is 3. The first kappa shape index (κ1) is 16.4. The fraction of sp³-hybridized carbons (Fsp3) is 0.333. The van der Waals surface area contributed by atoms with E-state index in [0.717, 1.165) is 24.0 Å². The van der Waals surface area contributed by atoms with Crippen molar-refractivity contribution in [1.82, 2.24) is 0 Å². The summed E-state index contributed by atoms with van der Waals surface area (Å²) in [7, 11) is 0. The van der Waals surface area contributed by atoms with E-state index in [0.29, 0.717) is 5.75 Å². The Morgan fingerprint density at radius 2 is 1.59 bits per heavy atom. The Bertz CT molecular complexity index is 588. The molecule has 0 heterocycles. The molecule has 0 radical (unpaired) electrons. The summed E-state index contributed by atoms with van der Waals surface area (Å²) in [5, 5.41) is 9.79. The second-order valence-corrected chi connectivity index (χ2v) is 5.99. The van der Waals surface area contributed by atoms with Crippen molar-refractivity contribution >= 4 is 6.08 Å². The van der Waals surface area contributed by atoms with Crippen molar-refractivity contribution in [3.05, 3.63) is 70.8 Å². The van der Waals surface area contributed by atoms with Crippen molar-refractivity contribution in [2.75, 3.05) is 0 Å². The normalized spacial score (nSPS) is 11.2. The van der Waals surface area contributed by atoms with E-state index in [-0.39, 0.29) is 0 Å². The highest BCUT2D eigenvalue weighted by Gasteiger charge is 2.03. The SMILES string of the molecule is Cc1cc(CCCCC/C=C\c2ccccc2)cc(C)c1O. The van der Waals surface area contributed by atoms with Gasteiger partial charge in [-0.15, -0.1) is 0 Å². The maximum Gasteiger partial charge on any atom is 0.121 e. The molecule has 0 aromatic heterocycles. The number of phenols is 1. The fourth-order valence-electron chi connectivity index (χ4n) is 2.74. The van der Waals surface area contributed by atoms with Gasteiger partial charge in [0.15, 0.2) is 0 Å². The molecule has 2 aromatic carbocycles. The molecule has 0 unspecified atom stereocenters. The number of aromatic hydroxyl groups is 1. The zero-order valence-electron chi connectivity index (χ0n) is 13.7. The van der Waals surface area contributed by atoms with Gasteiger partial charge >= 0.3 is 0 Å². The number of unbranched alkanes of at least 4 members (excludes halogenated alkanes) is 3. The van der Waals surface area contributed by atoms with Crippen LogP contribution in [-0.4, -0.2) is 5.11 Å². The van der Waals surface area contributed by atoms with Gasteiger partial charge in [-0.2, -0.15) is 0 Å². The zero-order chi connectivity index (χ0) is 15.8. The Hall–Kier alpha value is -2.02. The summed E-state index contributed by atoms with van der Waals surface area (Å²) in [5.41, 5.74) is 4.59. The van der Waals surface area contributed by atoms with E-state index >= 15 is 0 Å². The number of benzene rings is 2. The van der Waals surface area contributed by atoms with E-state index in [4.69, 9.17) is 0 Å². The number of rotatable bonds is 7. The topological polar surface area (TPSA) is 20.2 Å². The summed E-state index contributed by atoms with van der Waals surface area (Å²) < 4.78 is 0. The van der Waals surface area contributed by atoms with E-state index in [1.165, 1.54) is 30.4 Å². The maximum atomic E-state index is 9.79. The average molecular weight is 294 g/mol. The van der Waals surface area contributed by atoms with E-state index in [9.17, 15) is 5.11 Å². The summed E-state index contributed by atoms with van der Waals surface area (Å²) in [6.45, 7) is 3.94. The lowest BCUT2D eigenvalue weighted by Gasteiger charge is -2.07. The third-order valence-corrected chi connectivity index (χ3v) is 4.00. The van der Waals surface area contributed by atoms with Crippen LogP contribution in [0.1, 0.15) is 47.9 Å². The van der Waals surface area contributed by atoms with Crippen LogP contribution in [0.5, 0.6) is 5.75 Å². The van der Waals surface area contributed by atoms with Crippen LogP contribution < -0.4 is 0 Å². The van der Waals surface area contributed by atoms with Gasteiger partial charge < -0.3 is 5.11 Å². The van der Waals surface area contributed by atoms with Gasteiger partial charge in [0.1, 0.15) is 5.75 Å². The summed E-state index contributed by atoms with van der Waals surface area (Å²) in [4.78, 5) is 0. The molecule has 0 amide bonds. The molecule has 0 fully saturated rings. The number of hydrogen-bond donors (Lipinski definition) is 1. The predicted octanol–water partition coefficient (Wildman–Crippen LogP) is 5.83.